The summed E-state index contributed by atoms with van der Waals surface area (Å²) in [5.41, 5.74) is 2.55. The SMILES string of the molecule is CCn1nccc1C1=CC(O)CC(C)(C)C1. The number of aliphatic hydroxyl groups excluding tert-OH is 1. The third-order valence-corrected chi connectivity index (χ3v) is 3.17. The second-order valence-electron chi connectivity index (χ2n) is 5.34. The molecule has 0 aromatic carbocycles. The van der Waals surface area contributed by atoms with Crippen LogP contribution in [0.5, 0.6) is 0 Å². The second kappa shape index (κ2) is 4.06. The molecule has 0 fully saturated rings. The highest BCUT2D eigenvalue weighted by molar-refractivity contribution is 5.64. The summed E-state index contributed by atoms with van der Waals surface area (Å²) in [5.74, 6) is 0. The van der Waals surface area contributed by atoms with Crippen molar-refractivity contribution >= 4 is 5.57 Å². The van der Waals surface area contributed by atoms with E-state index in [0.29, 0.717) is 0 Å². The predicted octanol–water partition coefficient (Wildman–Crippen LogP) is 2.47. The van der Waals surface area contributed by atoms with Crippen LogP contribution in [0.15, 0.2) is 18.3 Å². The highest BCUT2D eigenvalue weighted by Crippen LogP contribution is 2.39. The second-order valence-corrected chi connectivity index (χ2v) is 5.34. The van der Waals surface area contributed by atoms with E-state index in [9.17, 15) is 5.11 Å². The largest absolute Gasteiger partial charge is 0.389 e. The molecule has 3 nitrogen and oxygen atoms in total. The van der Waals surface area contributed by atoms with Crippen molar-refractivity contribution in [3.63, 3.8) is 0 Å². The molecule has 0 spiro atoms. The molecular weight excluding hydrogens is 200 g/mol. The monoisotopic (exact) mass is 220 g/mol. The van der Waals surface area contributed by atoms with E-state index in [1.165, 1.54) is 5.57 Å². The minimum Gasteiger partial charge on any atom is -0.389 e. The van der Waals surface area contributed by atoms with Gasteiger partial charge in [0.2, 0.25) is 0 Å². The number of aryl methyl sites for hydroxylation is 1. The van der Waals surface area contributed by atoms with E-state index >= 15 is 0 Å². The number of aliphatic hydroxyl groups is 1. The van der Waals surface area contributed by atoms with Crippen molar-refractivity contribution in [2.45, 2.75) is 46.3 Å². The molecule has 0 aliphatic heterocycles. The Morgan fingerprint density at radius 3 is 2.94 bits per heavy atom. The van der Waals surface area contributed by atoms with Crippen LogP contribution in [0.3, 0.4) is 0 Å². The van der Waals surface area contributed by atoms with E-state index in [1.54, 1.807) is 0 Å². The fourth-order valence-electron chi connectivity index (χ4n) is 2.54. The van der Waals surface area contributed by atoms with Crippen molar-refractivity contribution in [2.24, 2.45) is 5.41 Å². The Hall–Kier alpha value is -1.09. The molecule has 1 unspecified atom stereocenters. The van der Waals surface area contributed by atoms with Crippen LogP contribution in [0.25, 0.3) is 5.57 Å². The van der Waals surface area contributed by atoms with Crippen molar-refractivity contribution in [3.05, 3.63) is 24.0 Å². The van der Waals surface area contributed by atoms with E-state index < -0.39 is 0 Å². The smallest absolute Gasteiger partial charge is 0.0732 e. The number of hydrogen-bond acceptors (Lipinski definition) is 2. The van der Waals surface area contributed by atoms with Crippen LogP contribution in [0, 0.1) is 5.41 Å². The van der Waals surface area contributed by atoms with Gasteiger partial charge in [0.1, 0.15) is 0 Å². The van der Waals surface area contributed by atoms with Gasteiger partial charge in [0, 0.05) is 12.7 Å². The van der Waals surface area contributed by atoms with Crippen molar-refractivity contribution in [3.8, 4) is 0 Å². The number of hydrogen-bond donors (Lipinski definition) is 1. The Morgan fingerprint density at radius 1 is 1.56 bits per heavy atom. The first kappa shape index (κ1) is 11.4. The summed E-state index contributed by atoms with van der Waals surface area (Å²) in [5, 5.41) is 14.1. The molecule has 3 heteroatoms. The van der Waals surface area contributed by atoms with Gasteiger partial charge >= 0.3 is 0 Å². The average molecular weight is 220 g/mol. The van der Waals surface area contributed by atoms with Gasteiger partial charge in [0.05, 0.1) is 11.8 Å². The molecule has 0 amide bonds. The van der Waals surface area contributed by atoms with Gasteiger partial charge in [-0.05, 0) is 36.8 Å². The predicted molar refractivity (Wildman–Crippen MR) is 64.9 cm³/mol. The van der Waals surface area contributed by atoms with E-state index in [0.717, 1.165) is 25.1 Å². The molecule has 16 heavy (non-hydrogen) atoms. The summed E-state index contributed by atoms with van der Waals surface area (Å²) >= 11 is 0. The lowest BCUT2D eigenvalue weighted by Gasteiger charge is -2.32. The van der Waals surface area contributed by atoms with E-state index in [1.807, 2.05) is 23.0 Å². The maximum absolute atomic E-state index is 9.87. The Balaban J connectivity index is 2.34. The molecule has 0 saturated heterocycles. The fourth-order valence-corrected chi connectivity index (χ4v) is 2.54. The third kappa shape index (κ3) is 2.19. The van der Waals surface area contributed by atoms with Crippen LogP contribution in [-0.4, -0.2) is 21.0 Å². The third-order valence-electron chi connectivity index (χ3n) is 3.17. The van der Waals surface area contributed by atoms with Crippen molar-refractivity contribution < 1.29 is 5.11 Å². The van der Waals surface area contributed by atoms with Gasteiger partial charge in [-0.2, -0.15) is 5.10 Å². The molecule has 2 rings (SSSR count). The Kier molecular flexibility index (Phi) is 2.89. The van der Waals surface area contributed by atoms with E-state index in [4.69, 9.17) is 0 Å². The van der Waals surface area contributed by atoms with Gasteiger partial charge in [-0.15, -0.1) is 0 Å². The summed E-state index contributed by atoms with van der Waals surface area (Å²) in [6.07, 6.45) is 5.34. The van der Waals surface area contributed by atoms with Gasteiger partial charge < -0.3 is 5.11 Å². The minimum atomic E-state index is -0.320. The van der Waals surface area contributed by atoms with E-state index in [2.05, 4.69) is 25.9 Å². The van der Waals surface area contributed by atoms with Gasteiger partial charge in [0.15, 0.2) is 0 Å². The quantitative estimate of drug-likeness (QED) is 0.831. The molecule has 0 radical (unpaired) electrons. The van der Waals surface area contributed by atoms with E-state index in [-0.39, 0.29) is 11.5 Å². The molecule has 0 bridgehead atoms. The molecule has 1 aromatic rings. The number of rotatable bonds is 2. The molecule has 0 saturated carbocycles. The average Bonchev–Trinajstić information content (AvgIpc) is 2.61. The molecular formula is C13H20N2O. The van der Waals surface area contributed by atoms with Gasteiger partial charge in [-0.3, -0.25) is 4.68 Å². The molecule has 1 aliphatic carbocycles. The zero-order valence-electron chi connectivity index (χ0n) is 10.3. The van der Waals surface area contributed by atoms with Crippen molar-refractivity contribution in [1.82, 2.24) is 9.78 Å². The topological polar surface area (TPSA) is 38.0 Å². The van der Waals surface area contributed by atoms with Gasteiger partial charge in [0.25, 0.3) is 0 Å². The van der Waals surface area contributed by atoms with Crippen LogP contribution < -0.4 is 0 Å². The normalized spacial score (nSPS) is 24.2. The van der Waals surface area contributed by atoms with Crippen LogP contribution in [0.2, 0.25) is 0 Å². The number of allylic oxidation sites excluding steroid dienone is 1. The molecule has 1 atom stereocenters. The molecule has 1 heterocycles. The van der Waals surface area contributed by atoms with Crippen LogP contribution >= 0.6 is 0 Å². The zero-order chi connectivity index (χ0) is 11.8. The Bertz CT molecular complexity index is 404. The van der Waals surface area contributed by atoms with Crippen molar-refractivity contribution in [2.75, 3.05) is 0 Å². The number of nitrogens with zero attached hydrogens (tertiary/aromatic N) is 2. The Labute approximate surface area is 96.8 Å². The lowest BCUT2D eigenvalue weighted by molar-refractivity contribution is 0.146. The lowest BCUT2D eigenvalue weighted by Crippen LogP contribution is -2.25. The molecule has 1 aromatic heterocycles. The summed E-state index contributed by atoms with van der Waals surface area (Å²) in [6, 6.07) is 2.03. The summed E-state index contributed by atoms with van der Waals surface area (Å²) in [4.78, 5) is 0. The first-order chi connectivity index (χ1) is 7.52. The maximum atomic E-state index is 9.87. The highest BCUT2D eigenvalue weighted by Gasteiger charge is 2.29. The lowest BCUT2D eigenvalue weighted by atomic mass is 9.75. The highest BCUT2D eigenvalue weighted by atomic mass is 16.3. The summed E-state index contributed by atoms with van der Waals surface area (Å²) in [7, 11) is 0. The fraction of sp³-hybridized carbons (Fsp3) is 0.615. The van der Waals surface area contributed by atoms with Crippen LogP contribution in [0.1, 0.15) is 39.3 Å². The first-order valence-electron chi connectivity index (χ1n) is 5.93. The number of aromatic nitrogens is 2. The standard InChI is InChI=1S/C13H20N2O/c1-4-15-12(5-6-14-15)10-7-11(16)9-13(2,3)8-10/h5-7,11,16H,4,8-9H2,1-3H3. The van der Waals surface area contributed by atoms with Crippen LogP contribution in [-0.2, 0) is 6.54 Å². The van der Waals surface area contributed by atoms with Gasteiger partial charge in [-0.25, -0.2) is 0 Å². The Morgan fingerprint density at radius 2 is 2.31 bits per heavy atom. The maximum Gasteiger partial charge on any atom is 0.0732 e. The summed E-state index contributed by atoms with van der Waals surface area (Å²) < 4.78 is 1.99. The zero-order valence-corrected chi connectivity index (χ0v) is 10.3. The molecule has 88 valence electrons. The van der Waals surface area contributed by atoms with Gasteiger partial charge in [-0.1, -0.05) is 19.9 Å². The molecule has 1 N–H and O–H groups in total. The first-order valence-corrected chi connectivity index (χ1v) is 5.93. The molecule has 1 aliphatic rings. The minimum absolute atomic E-state index is 0.173. The van der Waals surface area contributed by atoms with Crippen LogP contribution in [0.4, 0.5) is 0 Å². The van der Waals surface area contributed by atoms with Crippen molar-refractivity contribution in [1.29, 1.82) is 0 Å². The summed E-state index contributed by atoms with van der Waals surface area (Å²) in [6.45, 7) is 7.36.